The normalized spacial score (nSPS) is 12.8. The van der Waals surface area contributed by atoms with Gasteiger partial charge in [-0.1, -0.05) is 44.5 Å². The number of hydrogen-bond donors (Lipinski definition) is 0. The van der Waals surface area contributed by atoms with E-state index in [2.05, 4.69) is 38.8 Å². The molecule has 0 aliphatic carbocycles. The summed E-state index contributed by atoms with van der Waals surface area (Å²) in [6.07, 6.45) is 1.20. The second-order valence-electron chi connectivity index (χ2n) is 10.9. The summed E-state index contributed by atoms with van der Waals surface area (Å²) in [5.41, 5.74) is 2.26. The van der Waals surface area contributed by atoms with Gasteiger partial charge in [0.2, 0.25) is 0 Å². The largest absolute Gasteiger partial charge is 0.542 e. The molecule has 0 fully saturated rings. The van der Waals surface area contributed by atoms with Gasteiger partial charge in [0.15, 0.2) is 16.4 Å². The molecule has 4 aromatic rings. The highest BCUT2D eigenvalue weighted by Gasteiger charge is 2.39. The molecule has 1 atom stereocenters. The van der Waals surface area contributed by atoms with Crippen LogP contribution in [0.4, 0.5) is 0 Å². The van der Waals surface area contributed by atoms with Crippen molar-refractivity contribution in [2.75, 3.05) is 21.3 Å². The molecule has 2 aromatic carbocycles. The van der Waals surface area contributed by atoms with Gasteiger partial charge in [-0.2, -0.15) is 0 Å². The lowest BCUT2D eigenvalue weighted by molar-refractivity contribution is 0.0600. The van der Waals surface area contributed by atoms with Crippen molar-refractivity contribution in [2.24, 2.45) is 0 Å². The van der Waals surface area contributed by atoms with Crippen molar-refractivity contribution in [3.63, 3.8) is 0 Å². The molecule has 0 amide bonds. The Kier molecular flexibility index (Phi) is 8.44. The van der Waals surface area contributed by atoms with Crippen molar-refractivity contribution >= 4 is 48.3 Å². The smallest absolute Gasteiger partial charge is 0.351 e. The Balaban J connectivity index is 1.70. The minimum atomic E-state index is -2.11. The van der Waals surface area contributed by atoms with E-state index in [9.17, 15) is 4.79 Å². The fourth-order valence-electron chi connectivity index (χ4n) is 3.92. The molecule has 214 valence electrons. The number of fused-ring (bicyclic) bond motifs is 1. The lowest BCUT2D eigenvalue weighted by Gasteiger charge is -2.37. The SMILES string of the molecule is COC(=O)c1sc(-n2cnc3cc(OC)c(OC)cc32)cc1O[C@H](C)c1cccc(O[Si](C)(C)C(C)(C)C)c1Cl. The van der Waals surface area contributed by atoms with Gasteiger partial charge in [-0.15, -0.1) is 11.3 Å². The third kappa shape index (κ3) is 5.66. The Labute approximate surface area is 244 Å². The number of benzene rings is 2. The van der Waals surface area contributed by atoms with Crippen LogP contribution in [0.5, 0.6) is 23.0 Å². The van der Waals surface area contributed by atoms with E-state index >= 15 is 0 Å². The van der Waals surface area contributed by atoms with E-state index in [1.807, 2.05) is 35.8 Å². The minimum Gasteiger partial charge on any atom is -0.542 e. The molecule has 2 heterocycles. The van der Waals surface area contributed by atoms with Crippen LogP contribution < -0.4 is 18.6 Å². The highest BCUT2D eigenvalue weighted by Crippen LogP contribution is 2.43. The summed E-state index contributed by atoms with van der Waals surface area (Å²) in [5.74, 6) is 1.67. The lowest BCUT2D eigenvalue weighted by Crippen LogP contribution is -2.44. The molecule has 0 saturated carbocycles. The van der Waals surface area contributed by atoms with Crippen molar-refractivity contribution in [1.29, 1.82) is 0 Å². The molecular formula is C29H35ClN2O6SSi. The quantitative estimate of drug-likeness (QED) is 0.141. The summed E-state index contributed by atoms with van der Waals surface area (Å²) in [7, 11) is 2.39. The van der Waals surface area contributed by atoms with Crippen molar-refractivity contribution in [3.05, 3.63) is 58.2 Å². The van der Waals surface area contributed by atoms with Gasteiger partial charge >= 0.3 is 5.97 Å². The zero-order valence-electron chi connectivity index (χ0n) is 24.2. The zero-order valence-corrected chi connectivity index (χ0v) is 26.8. The monoisotopic (exact) mass is 602 g/mol. The van der Waals surface area contributed by atoms with Crippen molar-refractivity contribution in [3.8, 4) is 28.0 Å². The Bertz CT molecular complexity index is 1540. The van der Waals surface area contributed by atoms with Crippen LogP contribution in [0, 0.1) is 0 Å². The molecule has 0 aliphatic heterocycles. The number of carbonyl (C=O) groups is 1. The summed E-state index contributed by atoms with van der Waals surface area (Å²) >= 11 is 8.10. The van der Waals surface area contributed by atoms with Gasteiger partial charge in [0.05, 0.1) is 37.4 Å². The first kappa shape index (κ1) is 29.8. The molecule has 0 N–H and O–H groups in total. The number of esters is 1. The Morgan fingerprint density at radius 1 is 1.02 bits per heavy atom. The van der Waals surface area contributed by atoms with E-state index in [4.69, 9.17) is 35.0 Å². The number of aromatic nitrogens is 2. The van der Waals surface area contributed by atoms with Crippen LogP contribution in [0.15, 0.2) is 42.7 Å². The number of thiophene rings is 1. The van der Waals surface area contributed by atoms with Gasteiger partial charge in [-0.3, -0.25) is 4.57 Å². The maximum atomic E-state index is 12.8. The van der Waals surface area contributed by atoms with E-state index < -0.39 is 20.4 Å². The van der Waals surface area contributed by atoms with E-state index in [0.29, 0.717) is 38.4 Å². The van der Waals surface area contributed by atoms with E-state index in [1.165, 1.54) is 18.4 Å². The van der Waals surface area contributed by atoms with E-state index in [0.717, 1.165) is 16.1 Å². The second kappa shape index (κ2) is 11.3. The van der Waals surface area contributed by atoms with Gasteiger partial charge < -0.3 is 23.4 Å². The second-order valence-corrected chi connectivity index (χ2v) is 17.0. The molecule has 0 saturated heterocycles. The molecule has 4 rings (SSSR count). The number of carbonyl (C=O) groups excluding carboxylic acids is 1. The first-order valence-electron chi connectivity index (χ1n) is 12.8. The number of rotatable bonds is 9. The average Bonchev–Trinajstić information content (AvgIpc) is 3.51. The molecule has 0 unspecified atom stereocenters. The molecule has 40 heavy (non-hydrogen) atoms. The summed E-state index contributed by atoms with van der Waals surface area (Å²) in [5, 5.41) is 1.24. The number of nitrogens with zero attached hydrogens (tertiary/aromatic N) is 2. The van der Waals surface area contributed by atoms with Crippen LogP contribution >= 0.6 is 22.9 Å². The van der Waals surface area contributed by atoms with Gasteiger partial charge in [-0.05, 0) is 31.1 Å². The van der Waals surface area contributed by atoms with Gasteiger partial charge in [-0.25, -0.2) is 9.78 Å². The lowest BCUT2D eigenvalue weighted by atomic mass is 10.1. The first-order chi connectivity index (χ1) is 18.8. The average molecular weight is 603 g/mol. The zero-order chi connectivity index (χ0) is 29.4. The van der Waals surface area contributed by atoms with Crippen molar-refractivity contribution in [1.82, 2.24) is 9.55 Å². The maximum Gasteiger partial charge on any atom is 0.351 e. The van der Waals surface area contributed by atoms with Crippen LogP contribution in [-0.4, -0.2) is 45.2 Å². The number of methoxy groups -OCH3 is 3. The predicted molar refractivity (Wildman–Crippen MR) is 162 cm³/mol. The van der Waals surface area contributed by atoms with Crippen LogP contribution in [0.2, 0.25) is 23.2 Å². The molecule has 8 nitrogen and oxygen atoms in total. The highest BCUT2D eigenvalue weighted by atomic mass is 35.5. The third-order valence-corrected chi connectivity index (χ3v) is 13.1. The number of halogens is 1. The summed E-state index contributed by atoms with van der Waals surface area (Å²) in [4.78, 5) is 17.6. The Hall–Kier alpha value is -3.21. The van der Waals surface area contributed by atoms with Gasteiger partial charge in [0, 0.05) is 23.8 Å². The summed E-state index contributed by atoms with van der Waals surface area (Å²) in [6, 6.07) is 11.1. The van der Waals surface area contributed by atoms with Crippen LogP contribution in [0.25, 0.3) is 16.0 Å². The van der Waals surface area contributed by atoms with E-state index in [1.54, 1.807) is 32.7 Å². The Morgan fingerprint density at radius 3 is 2.33 bits per heavy atom. The molecule has 11 heteroatoms. The molecule has 0 radical (unpaired) electrons. The minimum absolute atomic E-state index is 0.0174. The number of ether oxygens (including phenoxy) is 4. The van der Waals surface area contributed by atoms with Gasteiger partial charge in [0.1, 0.15) is 28.9 Å². The standard InChI is InChI=1S/C29H35ClN2O6SSi/c1-17(18-11-10-12-21(26(18)30)38-40(8,9)29(2,3)4)37-24-15-25(39-27(24)28(33)36-7)32-16-31-19-13-22(34-5)23(35-6)14-20(19)32/h10-17H,1-9H3/t17-/m1/s1. The van der Waals surface area contributed by atoms with E-state index in [-0.39, 0.29) is 5.04 Å². The maximum absolute atomic E-state index is 12.8. The third-order valence-electron chi connectivity index (χ3n) is 7.25. The topological polar surface area (TPSA) is 81.0 Å². The van der Waals surface area contributed by atoms with Crippen LogP contribution in [-0.2, 0) is 4.74 Å². The molecular weight excluding hydrogens is 568 g/mol. The van der Waals surface area contributed by atoms with Gasteiger partial charge in [0.25, 0.3) is 8.32 Å². The number of hydrogen-bond acceptors (Lipinski definition) is 8. The van der Waals surface area contributed by atoms with Crippen molar-refractivity contribution < 1.29 is 28.2 Å². The Morgan fingerprint density at radius 2 is 1.70 bits per heavy atom. The van der Waals surface area contributed by atoms with Crippen LogP contribution in [0.1, 0.15) is 49.0 Å². The fraction of sp³-hybridized carbons (Fsp3) is 0.379. The molecule has 2 aromatic heterocycles. The fourth-order valence-corrected chi connectivity index (χ4v) is 6.32. The molecule has 0 spiro atoms. The predicted octanol–water partition coefficient (Wildman–Crippen LogP) is 8.07. The van der Waals surface area contributed by atoms with Crippen molar-refractivity contribution in [2.45, 2.75) is 51.9 Å². The summed E-state index contributed by atoms with van der Waals surface area (Å²) < 4.78 is 30.7. The summed E-state index contributed by atoms with van der Waals surface area (Å²) in [6.45, 7) is 12.8. The molecule has 0 bridgehead atoms. The van der Waals surface area contributed by atoms with Crippen LogP contribution in [0.3, 0.4) is 0 Å². The first-order valence-corrected chi connectivity index (χ1v) is 16.9. The number of imidazole rings is 1. The highest BCUT2D eigenvalue weighted by molar-refractivity contribution is 7.16. The molecule has 0 aliphatic rings.